The summed E-state index contributed by atoms with van der Waals surface area (Å²) in [4.78, 5) is 0. The normalized spacial score (nSPS) is 9.00. The molecule has 0 bridgehead atoms. The van der Waals surface area contributed by atoms with Gasteiger partial charge in [-0.2, -0.15) is 0 Å². The Hall–Kier alpha value is -3.06. The Kier molecular flexibility index (Phi) is 26.7. The Morgan fingerprint density at radius 1 is 0.971 bits per heavy atom. The molecule has 0 amide bonds. The molecule has 5 nitrogen and oxygen atoms in total. The van der Waals surface area contributed by atoms with Gasteiger partial charge in [-0.1, -0.05) is 90.9 Å². The average molecular weight is 493 g/mol. The Bertz CT molecular complexity index is 744. The molecule has 0 saturated heterocycles. The van der Waals surface area contributed by atoms with Crippen molar-refractivity contribution in [2.45, 2.75) is 73.7 Å². The highest BCUT2D eigenvalue weighted by atomic mass is 19.3. The van der Waals surface area contributed by atoms with Crippen LogP contribution >= 0.6 is 0 Å². The van der Waals surface area contributed by atoms with Gasteiger partial charge in [-0.25, -0.2) is 8.78 Å². The molecule has 0 radical (unpaired) electrons. The van der Waals surface area contributed by atoms with E-state index in [0.717, 1.165) is 24.5 Å². The predicted molar refractivity (Wildman–Crippen MR) is 149 cm³/mol. The molecule has 0 fully saturated rings. The van der Waals surface area contributed by atoms with Crippen LogP contribution in [-0.4, -0.2) is 24.1 Å². The van der Waals surface area contributed by atoms with E-state index >= 15 is 0 Å². The molecule has 2 aromatic carbocycles. The summed E-state index contributed by atoms with van der Waals surface area (Å²) >= 11 is 0. The molecule has 7 heteroatoms. The molecule has 0 unspecified atom stereocenters. The van der Waals surface area contributed by atoms with Gasteiger partial charge in [0.15, 0.2) is 0 Å². The maximum atomic E-state index is 11.2. The number of hydrogen-bond acceptors (Lipinski definition) is 5. The molecule has 198 valence electrons. The number of allylic oxidation sites excluding steroid dienone is 1. The summed E-state index contributed by atoms with van der Waals surface area (Å²) < 4.78 is 22.3. The van der Waals surface area contributed by atoms with Crippen LogP contribution < -0.4 is 11.2 Å². The van der Waals surface area contributed by atoms with Crippen molar-refractivity contribution in [3.8, 4) is 11.1 Å². The zero-order chi connectivity index (χ0) is 27.6. The number of anilines is 1. The van der Waals surface area contributed by atoms with Crippen molar-refractivity contribution in [1.82, 2.24) is 5.48 Å². The average Bonchev–Trinajstić information content (AvgIpc) is 2.89. The Morgan fingerprint density at radius 3 is 1.63 bits per heavy atom. The van der Waals surface area contributed by atoms with Crippen molar-refractivity contribution in [2.75, 3.05) is 5.73 Å². The molecule has 2 aromatic rings. The first-order valence-electron chi connectivity index (χ1n) is 12.0. The monoisotopic (exact) mass is 492 g/mol. The molecule has 0 aliphatic rings. The highest BCUT2D eigenvalue weighted by molar-refractivity contribution is 6.12. The molecule has 6 N–H and O–H groups in total. The summed E-state index contributed by atoms with van der Waals surface area (Å²) in [6.45, 7) is 14.5. The number of nitrogen functional groups attached to an aromatic ring is 1. The highest BCUT2D eigenvalue weighted by Crippen LogP contribution is 2.21. The fourth-order valence-electron chi connectivity index (χ4n) is 2.00. The fourth-order valence-corrected chi connectivity index (χ4v) is 2.00. The first-order valence-corrected chi connectivity index (χ1v) is 12.0. The van der Waals surface area contributed by atoms with Crippen LogP contribution in [0.4, 0.5) is 14.5 Å². The summed E-state index contributed by atoms with van der Waals surface area (Å²) in [5.74, 6) is -0.481. The number of alkyl halides is 2. The van der Waals surface area contributed by atoms with E-state index in [1.54, 1.807) is 0 Å². The second kappa shape index (κ2) is 25.6. The van der Waals surface area contributed by atoms with E-state index in [4.69, 9.17) is 21.8 Å². The van der Waals surface area contributed by atoms with E-state index in [2.05, 4.69) is 49.9 Å². The molecule has 0 saturated carbocycles. The highest BCUT2D eigenvalue weighted by Gasteiger charge is 2.05. The first-order chi connectivity index (χ1) is 16.7. The van der Waals surface area contributed by atoms with Crippen LogP contribution in [0.5, 0.6) is 0 Å². The van der Waals surface area contributed by atoms with Gasteiger partial charge < -0.3 is 16.6 Å². The third kappa shape index (κ3) is 22.5. The van der Waals surface area contributed by atoms with Crippen LogP contribution in [0, 0.1) is 16.7 Å². The number of benzene rings is 2. The summed E-state index contributed by atoms with van der Waals surface area (Å²) in [6.07, 6.45) is 4.15. The number of unbranched alkanes of at least 4 members (excludes halogenated alkanes) is 1. The van der Waals surface area contributed by atoms with Gasteiger partial charge in [-0.3, -0.25) is 10.7 Å². The van der Waals surface area contributed by atoms with Gasteiger partial charge in [0, 0.05) is 29.7 Å². The maximum Gasteiger partial charge on any atom is 0.240 e. The number of nitrogens with two attached hydrogens (primary N) is 1. The topological polar surface area (TPSA) is 106 Å². The number of aryl methyl sites for hydroxylation is 1. The van der Waals surface area contributed by atoms with E-state index in [-0.39, 0.29) is 0 Å². The van der Waals surface area contributed by atoms with E-state index in [1.807, 2.05) is 38.4 Å². The standard InChI is InChI=1S/C16H19N.C4H8F2.C4H9NO.C2H4N2.C2H6/c1-2-3-4-13-5-7-14(8-6-13)15-9-11-16(17)12-10-15;1-3(2)4(5)6;1-3-4(2)5-6;3-1-2-4;1-2/h5-12H,2-4,17H2,1H3;3-4H,1-2H3;5-6H,2-3H2,1H3;1-4H;1-2H3. The van der Waals surface area contributed by atoms with Gasteiger partial charge >= 0.3 is 0 Å². The molecule has 0 aliphatic carbocycles. The van der Waals surface area contributed by atoms with Crippen LogP contribution in [0.2, 0.25) is 0 Å². The van der Waals surface area contributed by atoms with Gasteiger partial charge in [-0.05, 0) is 48.1 Å². The molecule has 0 spiro atoms. The summed E-state index contributed by atoms with van der Waals surface area (Å²) in [5.41, 5.74) is 13.0. The third-order valence-electron chi connectivity index (χ3n) is 4.19. The lowest BCUT2D eigenvalue weighted by Crippen LogP contribution is -2.02. The van der Waals surface area contributed by atoms with Crippen molar-refractivity contribution in [2.24, 2.45) is 5.92 Å². The van der Waals surface area contributed by atoms with Crippen LogP contribution in [-0.2, 0) is 6.42 Å². The Labute approximate surface area is 211 Å². The van der Waals surface area contributed by atoms with Crippen LogP contribution in [0.15, 0.2) is 60.8 Å². The van der Waals surface area contributed by atoms with Crippen molar-refractivity contribution < 1.29 is 14.0 Å². The molecule has 0 aliphatic heterocycles. The van der Waals surface area contributed by atoms with Crippen molar-refractivity contribution in [3.63, 3.8) is 0 Å². The Morgan fingerprint density at radius 2 is 1.37 bits per heavy atom. The number of halogens is 2. The lowest BCUT2D eigenvalue weighted by molar-refractivity contribution is 0.0955. The van der Waals surface area contributed by atoms with Crippen molar-refractivity contribution in [1.29, 1.82) is 10.8 Å². The van der Waals surface area contributed by atoms with Gasteiger partial charge in [0.2, 0.25) is 6.43 Å². The molecular formula is C28H46F2N4O. The molecule has 0 atom stereocenters. The van der Waals surface area contributed by atoms with E-state index < -0.39 is 12.3 Å². The third-order valence-corrected chi connectivity index (χ3v) is 4.19. The van der Waals surface area contributed by atoms with E-state index in [0.29, 0.717) is 5.70 Å². The summed E-state index contributed by atoms with van der Waals surface area (Å²) in [7, 11) is 0. The van der Waals surface area contributed by atoms with E-state index in [1.165, 1.54) is 49.8 Å². The number of rotatable bonds is 8. The van der Waals surface area contributed by atoms with Crippen molar-refractivity contribution >= 4 is 18.1 Å². The zero-order valence-corrected chi connectivity index (χ0v) is 22.2. The van der Waals surface area contributed by atoms with Gasteiger partial charge in [0.1, 0.15) is 0 Å². The smallest absolute Gasteiger partial charge is 0.240 e. The SMILES string of the molecule is C=C(CC)NO.CC.CC(C)C(F)F.CCCCc1ccc(-c2ccc(N)cc2)cc1.N=CC=N. The quantitative estimate of drug-likeness (QED) is 0.145. The second-order valence-electron chi connectivity index (χ2n) is 7.40. The second-order valence-corrected chi connectivity index (χ2v) is 7.40. The maximum absolute atomic E-state index is 11.2. The summed E-state index contributed by atoms with van der Waals surface area (Å²) in [5, 5.41) is 20.2. The Balaban J connectivity index is -0.000000471. The van der Waals surface area contributed by atoms with Crippen LogP contribution in [0.25, 0.3) is 11.1 Å². The molecule has 0 aromatic heterocycles. The van der Waals surface area contributed by atoms with Crippen LogP contribution in [0.3, 0.4) is 0 Å². The van der Waals surface area contributed by atoms with E-state index in [9.17, 15) is 8.78 Å². The summed E-state index contributed by atoms with van der Waals surface area (Å²) in [6, 6.07) is 16.9. The van der Waals surface area contributed by atoms with Gasteiger partial charge in [0.25, 0.3) is 0 Å². The molecular weight excluding hydrogens is 446 g/mol. The van der Waals surface area contributed by atoms with Gasteiger partial charge in [-0.15, -0.1) is 0 Å². The molecule has 2 rings (SSSR count). The lowest BCUT2D eigenvalue weighted by Gasteiger charge is -2.04. The minimum Gasteiger partial charge on any atom is -0.399 e. The molecule has 0 heterocycles. The van der Waals surface area contributed by atoms with Gasteiger partial charge in [0.05, 0.1) is 0 Å². The minimum absolute atomic E-state index is 0.481. The zero-order valence-electron chi connectivity index (χ0n) is 22.2. The van der Waals surface area contributed by atoms with Crippen molar-refractivity contribution in [3.05, 3.63) is 66.4 Å². The first kappa shape index (κ1) is 36.5. The molecule has 35 heavy (non-hydrogen) atoms. The largest absolute Gasteiger partial charge is 0.399 e. The number of hydrogen-bond donors (Lipinski definition) is 5. The lowest BCUT2D eigenvalue weighted by atomic mass is 10.0. The predicted octanol–water partition coefficient (Wildman–Crippen LogP) is 8.39. The minimum atomic E-state index is -2.15. The fraction of sp³-hybridized carbons (Fsp3) is 0.429. The number of nitrogens with one attached hydrogen (secondary N) is 3. The van der Waals surface area contributed by atoms with Crippen LogP contribution in [0.1, 0.15) is 66.4 Å². The number of hydroxylamine groups is 1.